The van der Waals surface area contributed by atoms with Gasteiger partial charge >= 0.3 is 0 Å². The zero-order valence-corrected chi connectivity index (χ0v) is 10.6. The van der Waals surface area contributed by atoms with Crippen molar-refractivity contribution in [2.24, 2.45) is 0 Å². The topological polar surface area (TPSA) is 40.5 Å². The van der Waals surface area contributed by atoms with Crippen LogP contribution in [0.2, 0.25) is 0 Å². The van der Waals surface area contributed by atoms with Crippen molar-refractivity contribution in [1.29, 1.82) is 0 Å². The normalized spacial score (nSPS) is 10.8. The summed E-state index contributed by atoms with van der Waals surface area (Å²) in [7, 11) is 0. The second-order valence-electron chi connectivity index (χ2n) is 4.68. The van der Waals surface area contributed by atoms with Crippen LogP contribution in [-0.2, 0) is 0 Å². The Morgan fingerprint density at radius 3 is 2.37 bits per heavy atom. The number of aromatic hydroxyl groups is 2. The smallest absolute Gasteiger partial charge is 0.124 e. The summed E-state index contributed by atoms with van der Waals surface area (Å²) in [5.41, 5.74) is 2.84. The molecular weight excluding hydrogens is 236 g/mol. The first-order valence-electron chi connectivity index (χ1n) is 6.17. The molecule has 3 aromatic rings. The van der Waals surface area contributed by atoms with Crippen molar-refractivity contribution >= 4 is 10.8 Å². The lowest BCUT2D eigenvalue weighted by Crippen LogP contribution is -1.86. The van der Waals surface area contributed by atoms with Crippen LogP contribution in [0.4, 0.5) is 0 Å². The van der Waals surface area contributed by atoms with Crippen LogP contribution < -0.4 is 0 Å². The van der Waals surface area contributed by atoms with Crippen LogP contribution in [0.5, 0.6) is 11.5 Å². The quantitative estimate of drug-likeness (QED) is 0.678. The molecule has 94 valence electrons. The number of aryl methyl sites for hydroxylation is 1. The Labute approximate surface area is 111 Å². The Morgan fingerprint density at radius 1 is 0.842 bits per heavy atom. The molecule has 0 spiro atoms. The van der Waals surface area contributed by atoms with E-state index in [4.69, 9.17) is 0 Å². The van der Waals surface area contributed by atoms with E-state index >= 15 is 0 Å². The van der Waals surface area contributed by atoms with E-state index in [1.54, 1.807) is 18.2 Å². The predicted molar refractivity (Wildman–Crippen MR) is 77.5 cm³/mol. The van der Waals surface area contributed by atoms with Gasteiger partial charge in [-0.1, -0.05) is 36.4 Å². The molecule has 0 bridgehead atoms. The van der Waals surface area contributed by atoms with E-state index in [9.17, 15) is 10.2 Å². The van der Waals surface area contributed by atoms with Gasteiger partial charge in [0, 0.05) is 5.56 Å². The fourth-order valence-electron chi connectivity index (χ4n) is 2.43. The van der Waals surface area contributed by atoms with Crippen molar-refractivity contribution < 1.29 is 10.2 Å². The average Bonchev–Trinajstić information content (AvgIpc) is 2.40. The molecule has 0 saturated heterocycles. The summed E-state index contributed by atoms with van der Waals surface area (Å²) in [6, 6.07) is 16.7. The highest BCUT2D eigenvalue weighted by atomic mass is 16.3. The molecule has 0 atom stereocenters. The summed E-state index contributed by atoms with van der Waals surface area (Å²) in [5.74, 6) is 0.431. The molecule has 3 rings (SSSR count). The Balaban J connectivity index is 2.43. The van der Waals surface area contributed by atoms with Gasteiger partial charge in [0.25, 0.3) is 0 Å². The fraction of sp³-hybridized carbons (Fsp3) is 0.0588. The Hall–Kier alpha value is -2.48. The van der Waals surface area contributed by atoms with Crippen LogP contribution in [0, 0.1) is 6.92 Å². The minimum absolute atomic E-state index is 0.202. The summed E-state index contributed by atoms with van der Waals surface area (Å²) in [6.45, 7) is 2.01. The van der Waals surface area contributed by atoms with Crippen molar-refractivity contribution in [1.82, 2.24) is 0 Å². The number of hydrogen-bond acceptors (Lipinski definition) is 2. The second kappa shape index (κ2) is 4.32. The number of benzene rings is 3. The van der Waals surface area contributed by atoms with Gasteiger partial charge in [0.2, 0.25) is 0 Å². The van der Waals surface area contributed by atoms with Gasteiger partial charge in [-0.05, 0) is 47.0 Å². The Morgan fingerprint density at radius 2 is 1.58 bits per heavy atom. The van der Waals surface area contributed by atoms with Crippen LogP contribution in [0.25, 0.3) is 21.9 Å². The third kappa shape index (κ3) is 1.91. The lowest BCUT2D eigenvalue weighted by atomic mass is 9.94. The molecule has 0 amide bonds. The molecular formula is C17H14O2. The van der Waals surface area contributed by atoms with E-state index in [-0.39, 0.29) is 11.5 Å². The van der Waals surface area contributed by atoms with E-state index in [1.165, 1.54) is 0 Å². The van der Waals surface area contributed by atoms with Crippen molar-refractivity contribution in [2.45, 2.75) is 6.92 Å². The molecule has 0 fully saturated rings. The summed E-state index contributed by atoms with van der Waals surface area (Å²) >= 11 is 0. The van der Waals surface area contributed by atoms with Crippen LogP contribution >= 0.6 is 0 Å². The van der Waals surface area contributed by atoms with Crippen molar-refractivity contribution in [3.8, 4) is 22.6 Å². The van der Waals surface area contributed by atoms with Gasteiger partial charge in [-0.15, -0.1) is 0 Å². The highest BCUT2D eigenvalue weighted by molar-refractivity contribution is 6.00. The van der Waals surface area contributed by atoms with Crippen molar-refractivity contribution in [2.75, 3.05) is 0 Å². The SMILES string of the molecule is Cc1ccccc1-c1c(O)ccc2ccc(O)cc12. The molecule has 2 nitrogen and oxygen atoms in total. The summed E-state index contributed by atoms with van der Waals surface area (Å²) < 4.78 is 0. The molecule has 0 radical (unpaired) electrons. The molecule has 0 aliphatic carbocycles. The van der Waals surface area contributed by atoms with E-state index in [2.05, 4.69) is 0 Å². The number of rotatable bonds is 1. The minimum atomic E-state index is 0.202. The molecule has 3 aromatic carbocycles. The first-order chi connectivity index (χ1) is 9.16. The maximum absolute atomic E-state index is 10.2. The van der Waals surface area contributed by atoms with Gasteiger partial charge in [-0.3, -0.25) is 0 Å². The van der Waals surface area contributed by atoms with E-state index in [0.29, 0.717) is 0 Å². The Kier molecular flexibility index (Phi) is 2.64. The third-order valence-electron chi connectivity index (χ3n) is 3.40. The number of hydrogen-bond donors (Lipinski definition) is 2. The third-order valence-corrected chi connectivity index (χ3v) is 3.40. The van der Waals surface area contributed by atoms with Gasteiger partial charge in [0.05, 0.1) is 0 Å². The highest BCUT2D eigenvalue weighted by Crippen LogP contribution is 2.38. The lowest BCUT2D eigenvalue weighted by molar-refractivity contribution is 0.475. The minimum Gasteiger partial charge on any atom is -0.508 e. The van der Waals surface area contributed by atoms with E-state index in [1.807, 2.05) is 43.3 Å². The maximum Gasteiger partial charge on any atom is 0.124 e. The van der Waals surface area contributed by atoms with Gasteiger partial charge < -0.3 is 10.2 Å². The predicted octanol–water partition coefficient (Wildman–Crippen LogP) is 4.23. The molecule has 2 heteroatoms. The number of phenolic OH excluding ortho intramolecular Hbond substituents is 2. The first kappa shape index (κ1) is 11.6. The molecule has 0 aliphatic heterocycles. The molecule has 19 heavy (non-hydrogen) atoms. The monoisotopic (exact) mass is 250 g/mol. The molecule has 0 heterocycles. The lowest BCUT2D eigenvalue weighted by Gasteiger charge is -2.12. The molecule has 0 aliphatic rings. The summed E-state index contributed by atoms with van der Waals surface area (Å²) in [6.07, 6.45) is 0. The van der Waals surface area contributed by atoms with Gasteiger partial charge in [-0.2, -0.15) is 0 Å². The number of phenols is 2. The maximum atomic E-state index is 10.2. The molecule has 2 N–H and O–H groups in total. The second-order valence-corrected chi connectivity index (χ2v) is 4.68. The van der Waals surface area contributed by atoms with Gasteiger partial charge in [-0.25, -0.2) is 0 Å². The van der Waals surface area contributed by atoms with Crippen LogP contribution in [-0.4, -0.2) is 10.2 Å². The standard InChI is InChI=1S/C17H14O2/c1-11-4-2-3-5-14(11)17-15-10-13(18)8-6-12(15)7-9-16(17)19/h2-10,18-19H,1H3. The Bertz CT molecular complexity index is 755. The van der Waals surface area contributed by atoms with Gasteiger partial charge in [0.15, 0.2) is 0 Å². The van der Waals surface area contributed by atoms with Crippen molar-refractivity contribution in [3.05, 3.63) is 60.2 Å². The average molecular weight is 250 g/mol. The van der Waals surface area contributed by atoms with E-state index < -0.39 is 0 Å². The molecule has 0 saturated carbocycles. The van der Waals surface area contributed by atoms with Gasteiger partial charge in [0.1, 0.15) is 11.5 Å². The zero-order chi connectivity index (χ0) is 13.4. The van der Waals surface area contributed by atoms with E-state index in [0.717, 1.165) is 27.5 Å². The summed E-state index contributed by atoms with van der Waals surface area (Å²) in [4.78, 5) is 0. The fourth-order valence-corrected chi connectivity index (χ4v) is 2.43. The first-order valence-corrected chi connectivity index (χ1v) is 6.17. The van der Waals surface area contributed by atoms with Crippen LogP contribution in [0.1, 0.15) is 5.56 Å². The van der Waals surface area contributed by atoms with Crippen molar-refractivity contribution in [3.63, 3.8) is 0 Å². The molecule has 0 aromatic heterocycles. The zero-order valence-electron chi connectivity index (χ0n) is 10.6. The molecule has 0 unspecified atom stereocenters. The largest absolute Gasteiger partial charge is 0.508 e. The highest BCUT2D eigenvalue weighted by Gasteiger charge is 2.11. The number of fused-ring (bicyclic) bond motifs is 1. The van der Waals surface area contributed by atoms with Crippen LogP contribution in [0.15, 0.2) is 54.6 Å². The summed E-state index contributed by atoms with van der Waals surface area (Å²) in [5, 5.41) is 21.7. The van der Waals surface area contributed by atoms with Crippen LogP contribution in [0.3, 0.4) is 0 Å².